The van der Waals surface area contributed by atoms with Crippen molar-refractivity contribution in [2.75, 3.05) is 10.6 Å². The lowest BCUT2D eigenvalue weighted by molar-refractivity contribution is -0.133. The molecular weight excluding hydrogens is 274 g/mol. The number of aliphatic hydroxyl groups is 1. The summed E-state index contributed by atoms with van der Waals surface area (Å²) in [5, 5.41) is 15.7. The highest BCUT2D eigenvalue weighted by Crippen LogP contribution is 2.29. The number of rotatable bonds is 0. The molecule has 2 atom stereocenters. The Morgan fingerprint density at radius 3 is 3.00 bits per heavy atom. The maximum absolute atomic E-state index is 11.7. The molecule has 0 aliphatic carbocycles. The second kappa shape index (κ2) is 3.71. The molecule has 0 fully saturated rings. The van der Waals surface area contributed by atoms with Crippen molar-refractivity contribution >= 4 is 33.3 Å². The fourth-order valence-electron chi connectivity index (χ4n) is 1.45. The van der Waals surface area contributed by atoms with Crippen LogP contribution in [0.1, 0.15) is 13.8 Å². The van der Waals surface area contributed by atoms with Crippen LogP contribution in [0.5, 0.6) is 0 Å². The second-order valence-corrected chi connectivity index (χ2v) is 4.93. The van der Waals surface area contributed by atoms with Crippen LogP contribution in [-0.2, 0) is 4.79 Å². The minimum atomic E-state index is -1.47. The number of nitrogens with zero attached hydrogens (tertiary/aromatic N) is 1. The maximum atomic E-state index is 11.7. The van der Waals surface area contributed by atoms with Gasteiger partial charge < -0.3 is 15.7 Å². The maximum Gasteiger partial charge on any atom is 0.259 e. The fraction of sp³-hybridized carbons (Fsp3) is 0.400. The molecule has 2 rings (SSSR count). The first-order chi connectivity index (χ1) is 7.41. The van der Waals surface area contributed by atoms with Gasteiger partial charge in [-0.15, -0.1) is 0 Å². The van der Waals surface area contributed by atoms with E-state index >= 15 is 0 Å². The normalized spacial score (nSPS) is 28.8. The predicted octanol–water partition coefficient (Wildman–Crippen LogP) is 1.35. The van der Waals surface area contributed by atoms with Gasteiger partial charge in [0.25, 0.3) is 5.91 Å². The summed E-state index contributed by atoms with van der Waals surface area (Å²) >= 11 is 3.30. The van der Waals surface area contributed by atoms with E-state index in [4.69, 9.17) is 0 Å². The smallest absolute Gasteiger partial charge is 0.259 e. The van der Waals surface area contributed by atoms with Crippen molar-refractivity contribution in [1.82, 2.24) is 4.98 Å². The molecule has 1 amide bonds. The summed E-state index contributed by atoms with van der Waals surface area (Å²) in [7, 11) is 0. The van der Waals surface area contributed by atoms with E-state index in [1.807, 2.05) is 0 Å². The first-order valence-electron chi connectivity index (χ1n) is 4.87. The number of fused-ring (bicyclic) bond motifs is 1. The molecular formula is C10H12BrN3O2. The molecule has 0 spiro atoms. The third-order valence-electron chi connectivity index (χ3n) is 2.76. The standard InChI is InChI=1S/C10H12BrN3O2/c1-5-10(2,16)9(15)14-8-7(13-5)3-6(11)4-12-8/h3-5,13,16H,1-2H3,(H,12,14,15). The molecule has 0 saturated carbocycles. The van der Waals surface area contributed by atoms with Crippen LogP contribution in [0, 0.1) is 0 Å². The molecule has 86 valence electrons. The van der Waals surface area contributed by atoms with Crippen LogP contribution in [0.3, 0.4) is 0 Å². The van der Waals surface area contributed by atoms with Gasteiger partial charge in [0.05, 0.1) is 11.7 Å². The average Bonchev–Trinajstić information content (AvgIpc) is 2.27. The monoisotopic (exact) mass is 285 g/mol. The van der Waals surface area contributed by atoms with Crippen molar-refractivity contribution in [1.29, 1.82) is 0 Å². The van der Waals surface area contributed by atoms with Gasteiger partial charge in [0.1, 0.15) is 0 Å². The number of carbonyl (C=O) groups excluding carboxylic acids is 1. The van der Waals surface area contributed by atoms with Gasteiger partial charge in [-0.05, 0) is 35.8 Å². The molecule has 5 nitrogen and oxygen atoms in total. The highest BCUT2D eigenvalue weighted by Gasteiger charge is 2.39. The second-order valence-electron chi connectivity index (χ2n) is 4.02. The minimum Gasteiger partial charge on any atom is -0.378 e. The number of pyridine rings is 1. The van der Waals surface area contributed by atoms with Crippen LogP contribution in [0.15, 0.2) is 16.7 Å². The summed E-state index contributed by atoms with van der Waals surface area (Å²) in [5.41, 5.74) is -0.777. The molecule has 2 unspecified atom stereocenters. The van der Waals surface area contributed by atoms with Gasteiger partial charge in [0.15, 0.2) is 11.4 Å². The first kappa shape index (κ1) is 11.3. The molecule has 1 aromatic heterocycles. The number of carbonyl (C=O) groups is 1. The summed E-state index contributed by atoms with van der Waals surface area (Å²) < 4.78 is 0.807. The molecule has 0 aromatic carbocycles. The SMILES string of the molecule is CC1Nc2cc(Br)cnc2NC(=O)C1(C)O. The van der Waals surface area contributed by atoms with E-state index < -0.39 is 17.6 Å². The zero-order valence-electron chi connectivity index (χ0n) is 8.91. The van der Waals surface area contributed by atoms with Crippen LogP contribution in [0.25, 0.3) is 0 Å². The Morgan fingerprint density at radius 2 is 2.31 bits per heavy atom. The number of anilines is 2. The molecule has 0 bridgehead atoms. The summed E-state index contributed by atoms with van der Waals surface area (Å²) in [6.07, 6.45) is 1.59. The number of aromatic nitrogens is 1. The molecule has 0 radical (unpaired) electrons. The third kappa shape index (κ3) is 1.78. The lowest BCUT2D eigenvalue weighted by Crippen LogP contribution is -2.50. The van der Waals surface area contributed by atoms with Gasteiger partial charge in [-0.3, -0.25) is 4.79 Å². The Morgan fingerprint density at radius 1 is 1.62 bits per heavy atom. The number of nitrogens with one attached hydrogen (secondary N) is 2. The molecule has 1 aliphatic rings. The Kier molecular flexibility index (Phi) is 2.63. The van der Waals surface area contributed by atoms with Gasteiger partial charge in [-0.1, -0.05) is 0 Å². The summed E-state index contributed by atoms with van der Waals surface area (Å²) in [6.45, 7) is 3.22. The largest absolute Gasteiger partial charge is 0.378 e. The Hall–Kier alpha value is -1.14. The molecule has 16 heavy (non-hydrogen) atoms. The van der Waals surface area contributed by atoms with Crippen molar-refractivity contribution in [3.05, 3.63) is 16.7 Å². The van der Waals surface area contributed by atoms with Crippen molar-refractivity contribution in [2.45, 2.75) is 25.5 Å². The van der Waals surface area contributed by atoms with E-state index in [9.17, 15) is 9.90 Å². The van der Waals surface area contributed by atoms with Crippen molar-refractivity contribution in [3.63, 3.8) is 0 Å². The van der Waals surface area contributed by atoms with Crippen molar-refractivity contribution in [2.24, 2.45) is 0 Å². The van der Waals surface area contributed by atoms with Crippen LogP contribution in [0.2, 0.25) is 0 Å². The van der Waals surface area contributed by atoms with Gasteiger partial charge in [0, 0.05) is 10.7 Å². The van der Waals surface area contributed by atoms with E-state index in [2.05, 4.69) is 31.5 Å². The van der Waals surface area contributed by atoms with Crippen LogP contribution < -0.4 is 10.6 Å². The lowest BCUT2D eigenvalue weighted by atomic mass is 9.97. The molecule has 1 aliphatic heterocycles. The van der Waals surface area contributed by atoms with Crippen molar-refractivity contribution in [3.8, 4) is 0 Å². The molecule has 2 heterocycles. The van der Waals surface area contributed by atoms with E-state index in [-0.39, 0.29) is 0 Å². The summed E-state index contributed by atoms with van der Waals surface area (Å²) in [4.78, 5) is 15.8. The van der Waals surface area contributed by atoms with Crippen LogP contribution >= 0.6 is 15.9 Å². The van der Waals surface area contributed by atoms with Gasteiger partial charge in [0.2, 0.25) is 0 Å². The zero-order valence-corrected chi connectivity index (χ0v) is 10.5. The van der Waals surface area contributed by atoms with E-state index in [0.29, 0.717) is 11.5 Å². The Bertz CT molecular complexity index is 448. The van der Waals surface area contributed by atoms with Gasteiger partial charge >= 0.3 is 0 Å². The molecule has 3 N–H and O–H groups in total. The number of amides is 1. The van der Waals surface area contributed by atoms with E-state index in [1.165, 1.54) is 6.92 Å². The Balaban J connectivity index is 2.46. The predicted molar refractivity (Wildman–Crippen MR) is 64.3 cm³/mol. The number of halogens is 1. The first-order valence-corrected chi connectivity index (χ1v) is 5.66. The Labute approximate surface area is 101 Å². The van der Waals surface area contributed by atoms with Crippen molar-refractivity contribution < 1.29 is 9.90 Å². The van der Waals surface area contributed by atoms with E-state index in [1.54, 1.807) is 19.2 Å². The number of hydrogen-bond acceptors (Lipinski definition) is 4. The molecule has 1 aromatic rings. The average molecular weight is 286 g/mol. The summed E-state index contributed by atoms with van der Waals surface area (Å²) in [6, 6.07) is 1.41. The van der Waals surface area contributed by atoms with Crippen LogP contribution in [-0.4, -0.2) is 27.6 Å². The third-order valence-corrected chi connectivity index (χ3v) is 3.19. The zero-order chi connectivity index (χ0) is 11.9. The van der Waals surface area contributed by atoms with Crippen LogP contribution in [0.4, 0.5) is 11.5 Å². The quantitative estimate of drug-likeness (QED) is 0.673. The minimum absolute atomic E-state index is 0.398. The lowest BCUT2D eigenvalue weighted by Gasteiger charge is -2.26. The fourth-order valence-corrected chi connectivity index (χ4v) is 1.78. The van der Waals surface area contributed by atoms with Gasteiger partial charge in [-0.25, -0.2) is 4.98 Å². The summed E-state index contributed by atoms with van der Waals surface area (Å²) in [5.74, 6) is -0.0288. The highest BCUT2D eigenvalue weighted by molar-refractivity contribution is 9.10. The molecule has 0 saturated heterocycles. The van der Waals surface area contributed by atoms with E-state index in [0.717, 1.165) is 4.47 Å². The number of hydrogen-bond donors (Lipinski definition) is 3. The highest BCUT2D eigenvalue weighted by atomic mass is 79.9. The van der Waals surface area contributed by atoms with Gasteiger partial charge in [-0.2, -0.15) is 0 Å². The topological polar surface area (TPSA) is 74.2 Å². The molecule has 6 heteroatoms.